The molecule has 0 radical (unpaired) electrons. The third kappa shape index (κ3) is 2.11. The van der Waals surface area contributed by atoms with Gasteiger partial charge in [0, 0.05) is 31.8 Å². The molecule has 0 saturated carbocycles. The Bertz CT molecular complexity index is 1660. The van der Waals surface area contributed by atoms with Gasteiger partial charge < -0.3 is 4.57 Å². The lowest BCUT2D eigenvalue weighted by Crippen LogP contribution is -2.14. The number of thiophene rings is 1. The zero-order valence-electron chi connectivity index (χ0n) is 17.5. The molecule has 0 fully saturated rings. The lowest BCUT2D eigenvalue weighted by atomic mass is 9.81. The Morgan fingerprint density at radius 2 is 1.39 bits per heavy atom. The summed E-state index contributed by atoms with van der Waals surface area (Å²) < 4.78 is 5.23. The maximum absolute atomic E-state index is 2.52. The highest BCUT2D eigenvalue weighted by Crippen LogP contribution is 2.54. The predicted molar refractivity (Wildman–Crippen MR) is 134 cm³/mol. The van der Waals surface area contributed by atoms with E-state index in [4.69, 9.17) is 0 Å². The van der Waals surface area contributed by atoms with Gasteiger partial charge in [-0.05, 0) is 29.3 Å². The fourth-order valence-electron chi connectivity index (χ4n) is 5.66. The normalized spacial score (nSPS) is 14.4. The molecule has 0 aliphatic heterocycles. The Labute approximate surface area is 185 Å². The third-order valence-corrected chi connectivity index (χ3v) is 8.19. The van der Waals surface area contributed by atoms with Crippen molar-refractivity contribution in [3.8, 4) is 16.9 Å². The highest BCUT2D eigenvalue weighted by atomic mass is 32.1. The summed E-state index contributed by atoms with van der Waals surface area (Å²) in [4.78, 5) is 0. The monoisotopic (exact) mass is 415 g/mol. The molecule has 2 heteroatoms. The van der Waals surface area contributed by atoms with Crippen molar-refractivity contribution in [1.29, 1.82) is 0 Å². The van der Waals surface area contributed by atoms with Crippen LogP contribution in [-0.4, -0.2) is 4.57 Å². The first-order chi connectivity index (χ1) is 15.2. The maximum Gasteiger partial charge on any atom is 0.0641 e. The number of hydrogen-bond donors (Lipinski definition) is 0. The summed E-state index contributed by atoms with van der Waals surface area (Å²) in [6.07, 6.45) is 0. The van der Waals surface area contributed by atoms with Gasteiger partial charge in [0.1, 0.15) is 0 Å². The van der Waals surface area contributed by atoms with Crippen LogP contribution >= 0.6 is 11.3 Å². The fourth-order valence-corrected chi connectivity index (χ4v) is 6.86. The molecule has 0 unspecified atom stereocenters. The fraction of sp³-hybridized carbons (Fsp3) is 0.103. The summed E-state index contributed by atoms with van der Waals surface area (Å²) in [6, 6.07) is 33.4. The molecule has 6 aromatic rings. The highest BCUT2D eigenvalue weighted by molar-refractivity contribution is 7.26. The number of para-hydroxylation sites is 1. The van der Waals surface area contributed by atoms with Gasteiger partial charge in [0.15, 0.2) is 0 Å². The number of nitrogens with zero attached hydrogens (tertiary/aromatic N) is 1. The van der Waals surface area contributed by atoms with Crippen molar-refractivity contribution in [2.75, 3.05) is 0 Å². The molecule has 2 heterocycles. The van der Waals surface area contributed by atoms with Crippen LogP contribution in [0.25, 0.3) is 48.0 Å². The Balaban J connectivity index is 1.69. The van der Waals surface area contributed by atoms with E-state index in [1.54, 1.807) is 0 Å². The average Bonchev–Trinajstić information content (AvgIpc) is 3.42. The van der Waals surface area contributed by atoms with Crippen LogP contribution in [0.15, 0.2) is 91.0 Å². The number of benzene rings is 4. The second-order valence-corrected chi connectivity index (χ2v) is 10.1. The summed E-state index contributed by atoms with van der Waals surface area (Å²) in [5.41, 5.74) is 8.13. The van der Waals surface area contributed by atoms with Crippen LogP contribution in [-0.2, 0) is 5.41 Å². The van der Waals surface area contributed by atoms with E-state index in [1.165, 1.54) is 59.1 Å². The van der Waals surface area contributed by atoms with E-state index in [0.29, 0.717) is 0 Å². The number of aromatic nitrogens is 1. The summed E-state index contributed by atoms with van der Waals surface area (Å²) in [5, 5.41) is 4.05. The van der Waals surface area contributed by atoms with E-state index in [0.717, 1.165) is 0 Å². The SMILES string of the molecule is CC1(C)c2ccccc2-c2c1c1ccccc1n2-c1cccc2c1sc1ccccc12. The number of hydrogen-bond acceptors (Lipinski definition) is 1. The van der Waals surface area contributed by atoms with E-state index in [9.17, 15) is 0 Å². The molecule has 7 rings (SSSR count). The topological polar surface area (TPSA) is 4.93 Å². The van der Waals surface area contributed by atoms with Crippen molar-refractivity contribution < 1.29 is 0 Å². The average molecular weight is 416 g/mol. The Hall–Kier alpha value is -3.36. The van der Waals surface area contributed by atoms with Crippen LogP contribution in [0.3, 0.4) is 0 Å². The molecule has 0 atom stereocenters. The van der Waals surface area contributed by atoms with Gasteiger partial charge in [-0.15, -0.1) is 11.3 Å². The molecular weight excluding hydrogens is 394 g/mol. The molecule has 2 aromatic heterocycles. The molecule has 0 bridgehead atoms. The van der Waals surface area contributed by atoms with E-state index in [1.807, 2.05) is 11.3 Å². The molecule has 31 heavy (non-hydrogen) atoms. The molecule has 1 aliphatic rings. The molecular formula is C29H21NS. The quantitative estimate of drug-likeness (QED) is 0.254. The van der Waals surface area contributed by atoms with Gasteiger partial charge in [-0.2, -0.15) is 0 Å². The first-order valence-electron chi connectivity index (χ1n) is 10.8. The van der Waals surface area contributed by atoms with E-state index in [-0.39, 0.29) is 5.41 Å². The van der Waals surface area contributed by atoms with Crippen molar-refractivity contribution in [2.24, 2.45) is 0 Å². The van der Waals surface area contributed by atoms with Crippen molar-refractivity contribution >= 4 is 42.4 Å². The van der Waals surface area contributed by atoms with Gasteiger partial charge in [0.2, 0.25) is 0 Å². The Morgan fingerprint density at radius 3 is 2.29 bits per heavy atom. The van der Waals surface area contributed by atoms with Crippen LogP contribution in [0.2, 0.25) is 0 Å². The van der Waals surface area contributed by atoms with E-state index < -0.39 is 0 Å². The van der Waals surface area contributed by atoms with Gasteiger partial charge in [-0.25, -0.2) is 0 Å². The second kappa shape index (κ2) is 5.87. The first-order valence-corrected chi connectivity index (χ1v) is 11.6. The minimum Gasteiger partial charge on any atom is -0.307 e. The molecule has 0 saturated heterocycles. The van der Waals surface area contributed by atoms with Crippen LogP contribution in [0.1, 0.15) is 25.0 Å². The molecule has 1 nitrogen and oxygen atoms in total. The summed E-state index contributed by atoms with van der Waals surface area (Å²) in [5.74, 6) is 0. The second-order valence-electron chi connectivity index (χ2n) is 9.00. The standard InChI is InChI=1S/C29H21NS/c1-29(2)22-14-6-3-11-20(22)27-26(29)21-12-4-7-15-23(21)30(27)24-16-9-13-19-18-10-5-8-17-25(18)31-28(19)24/h3-17H,1-2H3. The van der Waals surface area contributed by atoms with Crippen molar-refractivity contribution in [2.45, 2.75) is 19.3 Å². The molecule has 0 N–H and O–H groups in total. The molecule has 148 valence electrons. The van der Waals surface area contributed by atoms with Gasteiger partial charge in [0.05, 0.1) is 21.6 Å². The van der Waals surface area contributed by atoms with Gasteiger partial charge in [0.25, 0.3) is 0 Å². The van der Waals surface area contributed by atoms with Crippen molar-refractivity contribution in [3.63, 3.8) is 0 Å². The smallest absolute Gasteiger partial charge is 0.0641 e. The summed E-state index contributed by atoms with van der Waals surface area (Å²) in [6.45, 7) is 4.74. The van der Waals surface area contributed by atoms with Gasteiger partial charge >= 0.3 is 0 Å². The summed E-state index contributed by atoms with van der Waals surface area (Å²) >= 11 is 1.90. The summed E-state index contributed by atoms with van der Waals surface area (Å²) in [7, 11) is 0. The molecule has 0 spiro atoms. The van der Waals surface area contributed by atoms with Gasteiger partial charge in [-0.3, -0.25) is 0 Å². The first kappa shape index (κ1) is 17.3. The van der Waals surface area contributed by atoms with Gasteiger partial charge in [-0.1, -0.05) is 86.6 Å². The van der Waals surface area contributed by atoms with Crippen LogP contribution in [0.4, 0.5) is 0 Å². The van der Waals surface area contributed by atoms with E-state index in [2.05, 4.69) is 109 Å². The van der Waals surface area contributed by atoms with Crippen molar-refractivity contribution in [3.05, 3.63) is 102 Å². The number of rotatable bonds is 1. The zero-order chi connectivity index (χ0) is 20.7. The number of fused-ring (bicyclic) bond motifs is 8. The zero-order valence-corrected chi connectivity index (χ0v) is 18.3. The van der Waals surface area contributed by atoms with Crippen LogP contribution in [0, 0.1) is 0 Å². The maximum atomic E-state index is 2.52. The lowest BCUT2D eigenvalue weighted by molar-refractivity contribution is 0.666. The molecule has 0 amide bonds. The molecule has 4 aromatic carbocycles. The predicted octanol–water partition coefficient (Wildman–Crippen LogP) is 8.30. The minimum absolute atomic E-state index is 0.0230. The van der Waals surface area contributed by atoms with Crippen LogP contribution in [0.5, 0.6) is 0 Å². The Morgan fingerprint density at radius 1 is 0.677 bits per heavy atom. The van der Waals surface area contributed by atoms with Crippen molar-refractivity contribution in [1.82, 2.24) is 4.57 Å². The third-order valence-electron chi connectivity index (χ3n) is 6.98. The lowest BCUT2D eigenvalue weighted by Gasteiger charge is -2.21. The van der Waals surface area contributed by atoms with Crippen LogP contribution < -0.4 is 0 Å². The Kier molecular flexibility index (Phi) is 3.28. The van der Waals surface area contributed by atoms with E-state index >= 15 is 0 Å². The minimum atomic E-state index is -0.0230. The molecule has 1 aliphatic carbocycles. The highest BCUT2D eigenvalue weighted by Gasteiger charge is 2.40. The largest absolute Gasteiger partial charge is 0.307 e.